The number of ketones is 1. The van der Waals surface area contributed by atoms with Crippen LogP contribution in [-0.2, 0) is 9.59 Å². The molecule has 0 rings (SSSR count). The molecule has 110 valence electrons. The van der Waals surface area contributed by atoms with E-state index in [2.05, 4.69) is 6.92 Å². The van der Waals surface area contributed by atoms with Gasteiger partial charge < -0.3 is 9.90 Å². The van der Waals surface area contributed by atoms with Crippen molar-refractivity contribution in [2.24, 2.45) is 0 Å². The number of unbranched alkanes of at least 4 members (excludes halogenated alkanes) is 9. The SMILES string of the molecule is CCCCCCCCCCCCC(=O)C=CC(=O)[O-].[Na+]. The van der Waals surface area contributed by atoms with E-state index in [9.17, 15) is 14.7 Å². The van der Waals surface area contributed by atoms with E-state index in [0.29, 0.717) is 6.42 Å². The average Bonchev–Trinajstić information content (AvgIpc) is 2.38. The van der Waals surface area contributed by atoms with E-state index in [1.165, 1.54) is 51.4 Å². The monoisotopic (exact) mass is 290 g/mol. The van der Waals surface area contributed by atoms with E-state index in [4.69, 9.17) is 0 Å². The molecule has 0 N–H and O–H groups in total. The van der Waals surface area contributed by atoms with E-state index in [-0.39, 0.29) is 35.3 Å². The second-order valence-electron chi connectivity index (χ2n) is 5.05. The van der Waals surface area contributed by atoms with E-state index >= 15 is 0 Å². The maximum atomic E-state index is 11.2. The fourth-order valence-electron chi connectivity index (χ4n) is 2.03. The summed E-state index contributed by atoms with van der Waals surface area (Å²) in [5, 5.41) is 10.1. The van der Waals surface area contributed by atoms with Crippen molar-refractivity contribution in [3.05, 3.63) is 12.2 Å². The first-order valence-electron chi connectivity index (χ1n) is 7.58. The molecule has 0 aromatic heterocycles. The minimum Gasteiger partial charge on any atom is -0.545 e. The summed E-state index contributed by atoms with van der Waals surface area (Å²) < 4.78 is 0. The van der Waals surface area contributed by atoms with Gasteiger partial charge in [0.05, 0.1) is 5.97 Å². The molecule has 20 heavy (non-hydrogen) atoms. The molecule has 0 saturated carbocycles. The van der Waals surface area contributed by atoms with Gasteiger partial charge in [0.15, 0.2) is 5.78 Å². The van der Waals surface area contributed by atoms with Gasteiger partial charge in [-0.15, -0.1) is 0 Å². The van der Waals surface area contributed by atoms with Gasteiger partial charge >= 0.3 is 29.6 Å². The molecule has 0 fully saturated rings. The van der Waals surface area contributed by atoms with Crippen molar-refractivity contribution in [3.63, 3.8) is 0 Å². The first kappa shape index (κ1) is 22.2. The van der Waals surface area contributed by atoms with E-state index in [1.54, 1.807) is 0 Å². The summed E-state index contributed by atoms with van der Waals surface area (Å²) in [7, 11) is 0. The summed E-state index contributed by atoms with van der Waals surface area (Å²) in [6.07, 6.45) is 14.6. The number of allylic oxidation sites excluding steroid dienone is 1. The summed E-state index contributed by atoms with van der Waals surface area (Å²) in [6.45, 7) is 2.23. The molecule has 0 aromatic rings. The Labute approximate surface area is 145 Å². The van der Waals surface area contributed by atoms with Gasteiger partial charge in [0.1, 0.15) is 0 Å². The molecule has 0 amide bonds. The average molecular weight is 290 g/mol. The molecule has 4 heteroatoms. The first-order chi connectivity index (χ1) is 9.16. The predicted octanol–water partition coefficient (Wildman–Crippen LogP) is 0.177. The number of aliphatic carboxylic acids is 1. The Morgan fingerprint density at radius 2 is 1.25 bits per heavy atom. The van der Waals surface area contributed by atoms with Gasteiger partial charge in [-0.3, -0.25) is 4.79 Å². The zero-order valence-electron chi connectivity index (χ0n) is 13.2. The smallest absolute Gasteiger partial charge is 0.545 e. The van der Waals surface area contributed by atoms with Crippen LogP contribution in [0.1, 0.15) is 77.6 Å². The van der Waals surface area contributed by atoms with Crippen molar-refractivity contribution >= 4 is 11.8 Å². The molecule has 0 radical (unpaired) electrons. The number of carboxylic acid groups (broad SMARTS) is 1. The van der Waals surface area contributed by atoms with Crippen molar-refractivity contribution in [2.75, 3.05) is 0 Å². The van der Waals surface area contributed by atoms with Gasteiger partial charge in [0.25, 0.3) is 0 Å². The van der Waals surface area contributed by atoms with Crippen molar-refractivity contribution < 1.29 is 44.3 Å². The largest absolute Gasteiger partial charge is 1.00 e. The molecular formula is C16H27NaO3. The summed E-state index contributed by atoms with van der Waals surface area (Å²) in [6, 6.07) is 0. The summed E-state index contributed by atoms with van der Waals surface area (Å²) >= 11 is 0. The normalized spacial score (nSPS) is 10.4. The van der Waals surface area contributed by atoms with Crippen LogP contribution in [0.2, 0.25) is 0 Å². The van der Waals surface area contributed by atoms with Crippen LogP contribution >= 0.6 is 0 Å². The molecule has 0 atom stereocenters. The van der Waals surface area contributed by atoms with Crippen LogP contribution in [0, 0.1) is 0 Å². The zero-order valence-corrected chi connectivity index (χ0v) is 15.2. The third-order valence-electron chi connectivity index (χ3n) is 3.18. The minimum absolute atomic E-state index is 0. The molecule has 0 unspecified atom stereocenters. The standard InChI is InChI=1S/C16H28O3.Na/c1-2-3-4-5-6-7-8-9-10-11-12-15(17)13-14-16(18)19;/h13-14H,2-12H2,1H3,(H,18,19);/q;+1/p-1. The van der Waals surface area contributed by atoms with Gasteiger partial charge in [-0.05, 0) is 18.6 Å². The van der Waals surface area contributed by atoms with Crippen molar-refractivity contribution in [1.29, 1.82) is 0 Å². The maximum absolute atomic E-state index is 11.2. The molecule has 0 aromatic carbocycles. The Bertz CT molecular complexity index is 275. The third kappa shape index (κ3) is 17.9. The minimum atomic E-state index is -1.31. The van der Waals surface area contributed by atoms with Crippen LogP contribution in [-0.4, -0.2) is 11.8 Å². The Kier molecular flexibility index (Phi) is 18.8. The molecular weight excluding hydrogens is 263 g/mol. The number of carbonyl (C=O) groups excluding carboxylic acids is 2. The van der Waals surface area contributed by atoms with Crippen LogP contribution in [0.3, 0.4) is 0 Å². The van der Waals surface area contributed by atoms with Crippen molar-refractivity contribution in [2.45, 2.75) is 77.6 Å². The molecule has 0 saturated heterocycles. The van der Waals surface area contributed by atoms with E-state index in [0.717, 1.165) is 25.0 Å². The second kappa shape index (κ2) is 16.9. The number of carbonyl (C=O) groups is 2. The summed E-state index contributed by atoms with van der Waals surface area (Å²) in [5.74, 6) is -1.43. The molecule has 0 aliphatic heterocycles. The summed E-state index contributed by atoms with van der Waals surface area (Å²) in [4.78, 5) is 21.3. The van der Waals surface area contributed by atoms with Crippen molar-refractivity contribution in [3.8, 4) is 0 Å². The topological polar surface area (TPSA) is 57.2 Å². The Morgan fingerprint density at radius 1 is 0.800 bits per heavy atom. The van der Waals surface area contributed by atoms with Gasteiger partial charge in [0, 0.05) is 6.42 Å². The fraction of sp³-hybridized carbons (Fsp3) is 0.750. The van der Waals surface area contributed by atoms with Crippen LogP contribution in [0.5, 0.6) is 0 Å². The molecule has 0 aliphatic rings. The zero-order chi connectivity index (χ0) is 14.3. The molecule has 0 heterocycles. The maximum Gasteiger partial charge on any atom is 1.00 e. The van der Waals surface area contributed by atoms with Crippen LogP contribution in [0.15, 0.2) is 12.2 Å². The predicted molar refractivity (Wildman–Crippen MR) is 75.6 cm³/mol. The van der Waals surface area contributed by atoms with Crippen LogP contribution in [0.4, 0.5) is 0 Å². The van der Waals surface area contributed by atoms with Gasteiger partial charge in [-0.1, -0.05) is 64.7 Å². The Hall–Kier alpha value is -0.120. The van der Waals surface area contributed by atoms with Gasteiger partial charge in [-0.2, -0.15) is 0 Å². The van der Waals surface area contributed by atoms with Crippen LogP contribution in [0.25, 0.3) is 0 Å². The third-order valence-corrected chi connectivity index (χ3v) is 3.18. The number of rotatable bonds is 13. The Morgan fingerprint density at radius 3 is 1.70 bits per heavy atom. The Balaban J connectivity index is 0. The molecule has 0 aliphatic carbocycles. The summed E-state index contributed by atoms with van der Waals surface area (Å²) in [5.41, 5.74) is 0. The quantitative estimate of drug-likeness (QED) is 0.276. The first-order valence-corrected chi connectivity index (χ1v) is 7.58. The second-order valence-corrected chi connectivity index (χ2v) is 5.05. The molecule has 3 nitrogen and oxygen atoms in total. The fourth-order valence-corrected chi connectivity index (χ4v) is 2.03. The molecule has 0 spiro atoms. The molecule has 0 bridgehead atoms. The number of carboxylic acids is 1. The number of hydrogen-bond acceptors (Lipinski definition) is 3. The van der Waals surface area contributed by atoms with Crippen molar-refractivity contribution in [1.82, 2.24) is 0 Å². The van der Waals surface area contributed by atoms with E-state index in [1.807, 2.05) is 0 Å². The van der Waals surface area contributed by atoms with Gasteiger partial charge in [-0.25, -0.2) is 0 Å². The number of hydrogen-bond donors (Lipinski definition) is 0. The van der Waals surface area contributed by atoms with Crippen LogP contribution < -0.4 is 34.7 Å². The van der Waals surface area contributed by atoms with E-state index < -0.39 is 5.97 Å². The van der Waals surface area contributed by atoms with Gasteiger partial charge in [0.2, 0.25) is 0 Å².